The van der Waals surface area contributed by atoms with Gasteiger partial charge in [-0.3, -0.25) is 0 Å². The molecular weight excluding hydrogens is 212 g/mol. The lowest BCUT2D eigenvalue weighted by Crippen LogP contribution is -2.19. The third-order valence-corrected chi connectivity index (χ3v) is 3.09. The van der Waals surface area contributed by atoms with Gasteiger partial charge in [-0.15, -0.1) is 0 Å². The maximum Gasteiger partial charge on any atom is 0.224 e. The lowest BCUT2D eigenvalue weighted by Gasteiger charge is -2.14. The van der Waals surface area contributed by atoms with Gasteiger partial charge in [0.25, 0.3) is 0 Å². The Morgan fingerprint density at radius 1 is 1.41 bits per heavy atom. The van der Waals surface area contributed by atoms with Gasteiger partial charge in [0, 0.05) is 24.3 Å². The zero-order valence-electron chi connectivity index (χ0n) is 11.0. The molecule has 2 N–H and O–H groups in total. The number of hydrogen-bond donors (Lipinski definition) is 2. The van der Waals surface area contributed by atoms with Gasteiger partial charge in [-0.25, -0.2) is 4.98 Å². The summed E-state index contributed by atoms with van der Waals surface area (Å²) in [5.41, 5.74) is 1.00. The summed E-state index contributed by atoms with van der Waals surface area (Å²) in [4.78, 5) is 8.86. The molecule has 1 fully saturated rings. The third-order valence-electron chi connectivity index (χ3n) is 3.09. The van der Waals surface area contributed by atoms with Crippen LogP contribution in [-0.4, -0.2) is 22.6 Å². The van der Waals surface area contributed by atoms with Crippen molar-refractivity contribution in [2.75, 3.05) is 17.2 Å². The topological polar surface area (TPSA) is 49.8 Å². The normalized spacial score (nSPS) is 16.6. The number of rotatable bonds is 6. The van der Waals surface area contributed by atoms with Crippen molar-refractivity contribution in [1.29, 1.82) is 0 Å². The summed E-state index contributed by atoms with van der Waals surface area (Å²) in [7, 11) is 0. The van der Waals surface area contributed by atoms with Crippen molar-refractivity contribution < 1.29 is 0 Å². The predicted molar refractivity (Wildman–Crippen MR) is 71.4 cm³/mol. The van der Waals surface area contributed by atoms with Crippen LogP contribution in [0.25, 0.3) is 0 Å². The summed E-state index contributed by atoms with van der Waals surface area (Å²) in [6.45, 7) is 7.29. The minimum absolute atomic E-state index is 0.517. The van der Waals surface area contributed by atoms with E-state index >= 15 is 0 Å². The molecule has 4 heteroatoms. The smallest absolute Gasteiger partial charge is 0.224 e. The van der Waals surface area contributed by atoms with Crippen LogP contribution in [-0.2, 0) is 0 Å². The minimum atomic E-state index is 0.517. The Bertz CT molecular complexity index is 374. The fraction of sp³-hybridized carbons (Fsp3) is 0.692. The molecule has 0 aromatic carbocycles. The molecular formula is C13H22N4. The van der Waals surface area contributed by atoms with Gasteiger partial charge < -0.3 is 10.6 Å². The fourth-order valence-electron chi connectivity index (χ4n) is 1.91. The second-order valence-electron chi connectivity index (χ2n) is 4.92. The monoisotopic (exact) mass is 234 g/mol. The molecule has 17 heavy (non-hydrogen) atoms. The van der Waals surface area contributed by atoms with Gasteiger partial charge in [0.2, 0.25) is 5.95 Å². The Labute approximate surface area is 103 Å². The number of aromatic nitrogens is 2. The Balaban J connectivity index is 2.02. The largest absolute Gasteiger partial charge is 0.367 e. The average molecular weight is 234 g/mol. The molecule has 0 aliphatic heterocycles. The van der Waals surface area contributed by atoms with E-state index in [4.69, 9.17) is 0 Å². The Hall–Kier alpha value is -1.32. The van der Waals surface area contributed by atoms with Gasteiger partial charge >= 0.3 is 0 Å². The van der Waals surface area contributed by atoms with E-state index in [1.54, 1.807) is 0 Å². The van der Waals surface area contributed by atoms with Gasteiger partial charge in [0.15, 0.2) is 0 Å². The molecule has 1 saturated carbocycles. The van der Waals surface area contributed by atoms with Crippen LogP contribution in [0.5, 0.6) is 0 Å². The van der Waals surface area contributed by atoms with Crippen LogP contribution in [0, 0.1) is 12.8 Å². The zero-order valence-corrected chi connectivity index (χ0v) is 11.0. The molecule has 1 aliphatic carbocycles. The quantitative estimate of drug-likeness (QED) is 0.794. The molecule has 1 aromatic rings. The van der Waals surface area contributed by atoms with Crippen molar-refractivity contribution in [3.05, 3.63) is 11.8 Å². The Morgan fingerprint density at radius 2 is 2.18 bits per heavy atom. The van der Waals surface area contributed by atoms with Crippen molar-refractivity contribution in [3.63, 3.8) is 0 Å². The SMILES string of the molecule is CCCNc1nc(C)cc(NC(C)C2CC2)n1. The number of hydrogen-bond acceptors (Lipinski definition) is 4. The first-order valence-electron chi connectivity index (χ1n) is 6.55. The second-order valence-corrected chi connectivity index (χ2v) is 4.92. The second kappa shape index (κ2) is 5.34. The molecule has 1 atom stereocenters. The molecule has 0 saturated heterocycles. The maximum atomic E-state index is 4.49. The Morgan fingerprint density at radius 3 is 2.82 bits per heavy atom. The Kier molecular flexibility index (Phi) is 3.82. The van der Waals surface area contributed by atoms with E-state index in [0.29, 0.717) is 6.04 Å². The van der Waals surface area contributed by atoms with Gasteiger partial charge in [-0.1, -0.05) is 6.92 Å². The van der Waals surface area contributed by atoms with Crippen molar-refractivity contribution in [3.8, 4) is 0 Å². The van der Waals surface area contributed by atoms with E-state index in [0.717, 1.165) is 36.3 Å². The van der Waals surface area contributed by atoms with Crippen LogP contribution in [0.3, 0.4) is 0 Å². The maximum absolute atomic E-state index is 4.49. The van der Waals surface area contributed by atoms with Crippen LogP contribution >= 0.6 is 0 Å². The highest BCUT2D eigenvalue weighted by atomic mass is 15.1. The molecule has 4 nitrogen and oxygen atoms in total. The number of anilines is 2. The molecule has 0 spiro atoms. The summed E-state index contributed by atoms with van der Waals surface area (Å²) in [5.74, 6) is 2.50. The highest BCUT2D eigenvalue weighted by Gasteiger charge is 2.28. The lowest BCUT2D eigenvalue weighted by molar-refractivity contribution is 0.690. The average Bonchev–Trinajstić information content (AvgIpc) is 3.09. The predicted octanol–water partition coefficient (Wildman–Crippen LogP) is 2.82. The van der Waals surface area contributed by atoms with E-state index in [-0.39, 0.29) is 0 Å². The molecule has 1 unspecified atom stereocenters. The molecule has 0 bridgehead atoms. The molecule has 0 radical (unpaired) electrons. The summed E-state index contributed by atoms with van der Waals surface area (Å²) in [6, 6.07) is 2.53. The molecule has 1 heterocycles. The zero-order chi connectivity index (χ0) is 12.3. The van der Waals surface area contributed by atoms with Gasteiger partial charge in [-0.05, 0) is 39.0 Å². The highest BCUT2D eigenvalue weighted by molar-refractivity contribution is 5.43. The molecule has 0 amide bonds. The standard InChI is InChI=1S/C13H22N4/c1-4-7-14-13-15-9(2)8-12(17-13)16-10(3)11-5-6-11/h8,10-11H,4-7H2,1-3H3,(H2,14,15,16,17). The lowest BCUT2D eigenvalue weighted by atomic mass is 10.2. The van der Waals surface area contributed by atoms with Crippen LogP contribution in [0.1, 0.15) is 38.8 Å². The van der Waals surface area contributed by atoms with Crippen molar-refractivity contribution in [2.45, 2.75) is 46.1 Å². The van der Waals surface area contributed by atoms with E-state index in [1.165, 1.54) is 12.8 Å². The molecule has 1 aromatic heterocycles. The number of nitrogens with one attached hydrogen (secondary N) is 2. The van der Waals surface area contributed by atoms with Crippen LogP contribution in [0.2, 0.25) is 0 Å². The summed E-state index contributed by atoms with van der Waals surface area (Å²) >= 11 is 0. The first-order valence-corrected chi connectivity index (χ1v) is 6.55. The van der Waals surface area contributed by atoms with Crippen molar-refractivity contribution in [1.82, 2.24) is 9.97 Å². The van der Waals surface area contributed by atoms with E-state index < -0.39 is 0 Å². The van der Waals surface area contributed by atoms with Crippen molar-refractivity contribution in [2.24, 2.45) is 5.92 Å². The highest BCUT2D eigenvalue weighted by Crippen LogP contribution is 2.33. The van der Waals surface area contributed by atoms with Crippen LogP contribution in [0.15, 0.2) is 6.07 Å². The molecule has 1 aliphatic rings. The number of aryl methyl sites for hydroxylation is 1. The first kappa shape index (κ1) is 12.1. The van der Waals surface area contributed by atoms with E-state index in [9.17, 15) is 0 Å². The summed E-state index contributed by atoms with van der Waals surface area (Å²) in [5, 5.41) is 6.70. The van der Waals surface area contributed by atoms with Crippen molar-refractivity contribution >= 4 is 11.8 Å². The molecule has 2 rings (SSSR count). The summed E-state index contributed by atoms with van der Waals surface area (Å²) < 4.78 is 0. The summed E-state index contributed by atoms with van der Waals surface area (Å²) in [6.07, 6.45) is 3.77. The van der Waals surface area contributed by atoms with Crippen LogP contribution < -0.4 is 10.6 Å². The fourth-order valence-corrected chi connectivity index (χ4v) is 1.91. The minimum Gasteiger partial charge on any atom is -0.367 e. The van der Waals surface area contributed by atoms with Gasteiger partial charge in [0.05, 0.1) is 0 Å². The van der Waals surface area contributed by atoms with Crippen LogP contribution in [0.4, 0.5) is 11.8 Å². The number of nitrogens with zero attached hydrogens (tertiary/aromatic N) is 2. The molecule has 94 valence electrons. The van der Waals surface area contributed by atoms with E-state index in [1.807, 2.05) is 13.0 Å². The van der Waals surface area contributed by atoms with Gasteiger partial charge in [-0.2, -0.15) is 4.98 Å². The van der Waals surface area contributed by atoms with Gasteiger partial charge in [0.1, 0.15) is 5.82 Å². The van der Waals surface area contributed by atoms with E-state index in [2.05, 4.69) is 34.4 Å². The first-order chi connectivity index (χ1) is 8.19. The third kappa shape index (κ3) is 3.58.